The summed E-state index contributed by atoms with van der Waals surface area (Å²) in [5, 5.41) is 19.8. The minimum atomic E-state index is -0.258. The third-order valence-electron chi connectivity index (χ3n) is 4.56. The Morgan fingerprint density at radius 2 is 1.26 bits per heavy atom. The van der Waals surface area contributed by atoms with E-state index in [9.17, 15) is 10.2 Å². The van der Waals surface area contributed by atoms with Crippen molar-refractivity contribution in [2.45, 2.75) is 57.5 Å². The Labute approximate surface area is 140 Å². The summed E-state index contributed by atoms with van der Waals surface area (Å²) in [6, 6.07) is 0. The highest BCUT2D eigenvalue weighted by molar-refractivity contribution is 4.78. The van der Waals surface area contributed by atoms with Gasteiger partial charge in [0.1, 0.15) is 0 Å². The van der Waals surface area contributed by atoms with Crippen LogP contribution in [-0.2, 0) is 9.47 Å². The van der Waals surface area contributed by atoms with Crippen LogP contribution in [0.1, 0.15) is 33.1 Å². The number of hydrogen-bond acceptors (Lipinski definition) is 6. The minimum Gasteiger partial charge on any atom is -0.392 e. The van der Waals surface area contributed by atoms with Gasteiger partial charge in [0, 0.05) is 26.2 Å². The summed E-state index contributed by atoms with van der Waals surface area (Å²) in [7, 11) is 0. The molecule has 0 radical (unpaired) electrons. The second kappa shape index (κ2) is 9.91. The van der Waals surface area contributed by atoms with Crippen LogP contribution in [0, 0.1) is 0 Å². The number of aliphatic hydroxyl groups is 2. The number of epoxide rings is 2. The standard InChI is InChI=1S/C17H34N2O4/c1-3-14(20)8-18(10-16-12-22-16)6-5-7-19(9-15(21)4-2)11-17-13-23-17/h14-17,20-21H,3-13H2,1-2H3. The predicted octanol–water partition coefficient (Wildman–Crippen LogP) is 0.320. The number of aliphatic hydroxyl groups excluding tert-OH is 2. The normalized spacial score (nSPS) is 25.8. The van der Waals surface area contributed by atoms with Gasteiger partial charge in [0.2, 0.25) is 0 Å². The maximum absolute atomic E-state index is 9.91. The largest absolute Gasteiger partial charge is 0.392 e. The van der Waals surface area contributed by atoms with Gasteiger partial charge in [0.25, 0.3) is 0 Å². The van der Waals surface area contributed by atoms with Crippen LogP contribution in [0.4, 0.5) is 0 Å². The molecule has 6 heteroatoms. The maximum atomic E-state index is 9.91. The van der Waals surface area contributed by atoms with E-state index in [1.807, 2.05) is 13.8 Å². The van der Waals surface area contributed by atoms with Crippen molar-refractivity contribution in [2.24, 2.45) is 0 Å². The fraction of sp³-hybridized carbons (Fsp3) is 1.00. The van der Waals surface area contributed by atoms with Crippen LogP contribution in [0.5, 0.6) is 0 Å². The highest BCUT2D eigenvalue weighted by Gasteiger charge is 2.28. The van der Waals surface area contributed by atoms with E-state index in [2.05, 4.69) is 9.80 Å². The molecule has 0 saturated carbocycles. The molecule has 2 aliphatic rings. The van der Waals surface area contributed by atoms with Crippen molar-refractivity contribution in [3.8, 4) is 0 Å². The summed E-state index contributed by atoms with van der Waals surface area (Å²) in [6.07, 6.45) is 2.81. The monoisotopic (exact) mass is 330 g/mol. The molecule has 0 aromatic rings. The highest BCUT2D eigenvalue weighted by Crippen LogP contribution is 2.14. The molecule has 2 aliphatic heterocycles. The lowest BCUT2D eigenvalue weighted by molar-refractivity contribution is 0.0894. The van der Waals surface area contributed by atoms with E-state index < -0.39 is 0 Å². The zero-order valence-corrected chi connectivity index (χ0v) is 14.7. The molecular weight excluding hydrogens is 296 g/mol. The molecule has 0 amide bonds. The Morgan fingerprint density at radius 3 is 1.57 bits per heavy atom. The van der Waals surface area contributed by atoms with Gasteiger partial charge in [0.05, 0.1) is 37.6 Å². The van der Waals surface area contributed by atoms with Gasteiger partial charge in [-0.25, -0.2) is 0 Å². The lowest BCUT2D eigenvalue weighted by Crippen LogP contribution is -2.39. The molecule has 2 fully saturated rings. The van der Waals surface area contributed by atoms with Crippen LogP contribution in [-0.4, -0.2) is 96.9 Å². The summed E-state index contributed by atoms with van der Waals surface area (Å²) in [4.78, 5) is 4.63. The topological polar surface area (TPSA) is 72.0 Å². The van der Waals surface area contributed by atoms with Crippen LogP contribution in [0.15, 0.2) is 0 Å². The van der Waals surface area contributed by atoms with Gasteiger partial charge < -0.3 is 19.7 Å². The molecule has 136 valence electrons. The lowest BCUT2D eigenvalue weighted by atomic mass is 10.2. The summed E-state index contributed by atoms with van der Waals surface area (Å²) in [5.41, 5.74) is 0. The van der Waals surface area contributed by atoms with Gasteiger partial charge in [-0.1, -0.05) is 13.8 Å². The molecule has 0 bridgehead atoms. The Kier molecular flexibility index (Phi) is 8.23. The Hall–Kier alpha value is -0.240. The van der Waals surface area contributed by atoms with Crippen molar-refractivity contribution in [3.63, 3.8) is 0 Å². The molecule has 4 unspecified atom stereocenters. The summed E-state index contributed by atoms with van der Waals surface area (Å²) in [5.74, 6) is 0. The molecule has 2 heterocycles. The molecule has 6 nitrogen and oxygen atoms in total. The Balaban J connectivity index is 1.70. The summed E-state index contributed by atoms with van der Waals surface area (Å²) >= 11 is 0. The molecule has 4 atom stereocenters. The van der Waals surface area contributed by atoms with E-state index in [-0.39, 0.29) is 12.2 Å². The SMILES string of the molecule is CCC(O)CN(CCCN(CC(O)CC)CC1CO1)CC1CO1. The van der Waals surface area contributed by atoms with Crippen molar-refractivity contribution < 1.29 is 19.7 Å². The van der Waals surface area contributed by atoms with E-state index in [1.165, 1.54) is 0 Å². The van der Waals surface area contributed by atoms with Crippen molar-refractivity contribution in [3.05, 3.63) is 0 Å². The molecule has 2 saturated heterocycles. The Morgan fingerprint density at radius 1 is 0.870 bits per heavy atom. The van der Waals surface area contributed by atoms with Crippen LogP contribution in [0.3, 0.4) is 0 Å². The first kappa shape index (κ1) is 19.1. The minimum absolute atomic E-state index is 0.258. The third kappa shape index (κ3) is 8.42. The zero-order chi connectivity index (χ0) is 16.7. The van der Waals surface area contributed by atoms with Gasteiger partial charge >= 0.3 is 0 Å². The van der Waals surface area contributed by atoms with Gasteiger partial charge in [-0.3, -0.25) is 9.80 Å². The van der Waals surface area contributed by atoms with Gasteiger partial charge in [-0.15, -0.1) is 0 Å². The fourth-order valence-corrected chi connectivity index (χ4v) is 2.81. The molecule has 0 aromatic heterocycles. The first-order valence-electron chi connectivity index (χ1n) is 9.14. The molecule has 0 spiro atoms. The fourth-order valence-electron chi connectivity index (χ4n) is 2.81. The number of ether oxygens (including phenoxy) is 2. The number of nitrogens with zero attached hydrogens (tertiary/aromatic N) is 2. The van der Waals surface area contributed by atoms with Crippen molar-refractivity contribution in [2.75, 3.05) is 52.5 Å². The third-order valence-corrected chi connectivity index (χ3v) is 4.56. The molecule has 0 aromatic carbocycles. The summed E-state index contributed by atoms with van der Waals surface area (Å²) < 4.78 is 10.7. The summed E-state index contributed by atoms with van der Waals surface area (Å²) in [6.45, 7) is 10.9. The highest BCUT2D eigenvalue weighted by atomic mass is 16.6. The maximum Gasteiger partial charge on any atom is 0.0936 e. The molecule has 2 N–H and O–H groups in total. The lowest BCUT2D eigenvalue weighted by Gasteiger charge is -2.27. The van der Waals surface area contributed by atoms with Crippen molar-refractivity contribution in [1.82, 2.24) is 9.80 Å². The average molecular weight is 330 g/mol. The molecule has 23 heavy (non-hydrogen) atoms. The molecule has 0 aliphatic carbocycles. The molecular formula is C17H34N2O4. The van der Waals surface area contributed by atoms with Crippen LogP contribution in [0.25, 0.3) is 0 Å². The predicted molar refractivity (Wildman–Crippen MR) is 89.6 cm³/mol. The first-order chi connectivity index (χ1) is 11.1. The Bertz CT molecular complexity index is 294. The smallest absolute Gasteiger partial charge is 0.0936 e. The molecule has 2 rings (SSSR count). The quantitative estimate of drug-likeness (QED) is 0.447. The zero-order valence-electron chi connectivity index (χ0n) is 14.7. The van der Waals surface area contributed by atoms with Crippen molar-refractivity contribution in [1.29, 1.82) is 0 Å². The van der Waals surface area contributed by atoms with E-state index in [0.717, 1.165) is 71.7 Å². The van der Waals surface area contributed by atoms with E-state index in [0.29, 0.717) is 12.2 Å². The van der Waals surface area contributed by atoms with E-state index in [1.54, 1.807) is 0 Å². The number of hydrogen-bond donors (Lipinski definition) is 2. The average Bonchev–Trinajstić information content (AvgIpc) is 3.42. The van der Waals surface area contributed by atoms with Gasteiger partial charge in [-0.05, 0) is 32.4 Å². The van der Waals surface area contributed by atoms with Gasteiger partial charge in [0.15, 0.2) is 0 Å². The van der Waals surface area contributed by atoms with Gasteiger partial charge in [-0.2, -0.15) is 0 Å². The second-order valence-electron chi connectivity index (χ2n) is 6.91. The van der Waals surface area contributed by atoms with Crippen LogP contribution in [0.2, 0.25) is 0 Å². The van der Waals surface area contributed by atoms with E-state index >= 15 is 0 Å². The van der Waals surface area contributed by atoms with Crippen molar-refractivity contribution >= 4 is 0 Å². The second-order valence-corrected chi connectivity index (χ2v) is 6.91. The van der Waals surface area contributed by atoms with E-state index in [4.69, 9.17) is 9.47 Å². The first-order valence-corrected chi connectivity index (χ1v) is 9.14. The van der Waals surface area contributed by atoms with Crippen LogP contribution < -0.4 is 0 Å². The van der Waals surface area contributed by atoms with Crippen LogP contribution >= 0.6 is 0 Å². The number of rotatable bonds is 14.